The first-order valence-electron chi connectivity index (χ1n) is 3.09. The Bertz CT molecular complexity index is 76.5. The summed E-state index contributed by atoms with van der Waals surface area (Å²) in [6.45, 7) is 8.06. The molecule has 0 unspecified atom stereocenters. The molecule has 0 aromatic carbocycles. The van der Waals surface area contributed by atoms with E-state index in [0.29, 0.717) is 11.3 Å². The van der Waals surface area contributed by atoms with Crippen LogP contribution in [0.25, 0.3) is 0 Å². The highest BCUT2D eigenvalue weighted by atomic mass is 31.1. The fourth-order valence-electron chi connectivity index (χ4n) is 0.667. The Morgan fingerprint density at radius 2 is 1.25 bits per heavy atom. The third-order valence-electron chi connectivity index (χ3n) is 1.14. The average Bonchev–Trinajstić information content (AvgIpc) is 1.64. The molecule has 0 spiro atoms. The number of hydrogen-bond acceptors (Lipinski definition) is 1. The van der Waals surface area contributed by atoms with E-state index in [0.717, 1.165) is 0 Å². The monoisotopic (exact) mass is 134 g/mol. The molecule has 0 radical (unpaired) electrons. The van der Waals surface area contributed by atoms with Crippen LogP contribution in [0.4, 0.5) is 0 Å². The second kappa shape index (κ2) is 3.29. The molecule has 2 heteroatoms. The van der Waals surface area contributed by atoms with Crippen LogP contribution in [-0.4, -0.2) is 11.3 Å². The van der Waals surface area contributed by atoms with E-state index in [2.05, 4.69) is 0 Å². The van der Waals surface area contributed by atoms with Crippen LogP contribution in [0.3, 0.4) is 0 Å². The minimum Gasteiger partial charge on any atom is -0.326 e. The fraction of sp³-hybridized carbons (Fsp3) is 1.00. The molecule has 0 amide bonds. The van der Waals surface area contributed by atoms with Crippen molar-refractivity contribution in [1.29, 1.82) is 0 Å². The van der Waals surface area contributed by atoms with E-state index in [4.69, 9.17) is 0 Å². The summed E-state index contributed by atoms with van der Waals surface area (Å²) >= 11 is 0. The normalized spacial score (nSPS) is 11.9. The van der Waals surface area contributed by atoms with E-state index in [1.54, 1.807) is 0 Å². The van der Waals surface area contributed by atoms with Crippen LogP contribution in [0, 0.1) is 0 Å². The fourth-order valence-corrected chi connectivity index (χ4v) is 2.00. The van der Waals surface area contributed by atoms with Crippen LogP contribution in [0.1, 0.15) is 27.7 Å². The van der Waals surface area contributed by atoms with Gasteiger partial charge in [0.2, 0.25) is 0 Å². The molecule has 1 nitrogen and oxygen atoms in total. The molecule has 0 aliphatic carbocycles. The van der Waals surface area contributed by atoms with Gasteiger partial charge in [-0.25, -0.2) is 0 Å². The van der Waals surface area contributed by atoms with Crippen LogP contribution < -0.4 is 0 Å². The quantitative estimate of drug-likeness (QED) is 0.530. The molecule has 0 atom stereocenters. The summed E-state index contributed by atoms with van der Waals surface area (Å²) in [6, 6.07) is 0. The lowest BCUT2D eigenvalue weighted by atomic mass is 10.5. The van der Waals surface area contributed by atoms with Crippen molar-refractivity contribution in [2.45, 2.75) is 39.0 Å². The first-order valence-corrected chi connectivity index (χ1v) is 4.65. The van der Waals surface area contributed by atoms with Gasteiger partial charge in [0.05, 0.1) is 7.80 Å². The standard InChI is InChI=1S/C6H15OP/c1-5(2)8(7)6(3)4/h5-6,8H,1-4H3. The van der Waals surface area contributed by atoms with E-state index >= 15 is 0 Å². The van der Waals surface area contributed by atoms with Crippen LogP contribution in [0.2, 0.25) is 0 Å². The van der Waals surface area contributed by atoms with E-state index in [9.17, 15) is 4.57 Å². The second-order valence-electron chi connectivity index (χ2n) is 2.71. The van der Waals surface area contributed by atoms with Crippen molar-refractivity contribution < 1.29 is 4.57 Å². The molecule has 0 aromatic heterocycles. The predicted molar refractivity (Wildman–Crippen MR) is 39.3 cm³/mol. The van der Waals surface area contributed by atoms with Gasteiger partial charge in [-0.1, -0.05) is 27.7 Å². The zero-order chi connectivity index (χ0) is 6.73. The van der Waals surface area contributed by atoms with E-state index < -0.39 is 7.80 Å². The molecule has 50 valence electrons. The Hall–Kier alpha value is 0.230. The van der Waals surface area contributed by atoms with Crippen molar-refractivity contribution in [3.63, 3.8) is 0 Å². The zero-order valence-corrected chi connectivity index (χ0v) is 7.06. The van der Waals surface area contributed by atoms with Crippen molar-refractivity contribution in [1.82, 2.24) is 0 Å². The Labute approximate surface area is 52.3 Å². The van der Waals surface area contributed by atoms with Crippen molar-refractivity contribution in [2.75, 3.05) is 0 Å². The molecule has 0 fully saturated rings. The van der Waals surface area contributed by atoms with Crippen molar-refractivity contribution in [2.24, 2.45) is 0 Å². The SMILES string of the molecule is CC(C)[PH](=O)C(C)C. The van der Waals surface area contributed by atoms with Gasteiger partial charge in [-0.05, 0) is 0 Å². The van der Waals surface area contributed by atoms with Gasteiger partial charge in [0, 0.05) is 11.3 Å². The van der Waals surface area contributed by atoms with Crippen LogP contribution in [0.15, 0.2) is 0 Å². The summed E-state index contributed by atoms with van der Waals surface area (Å²) in [5, 5.41) is 0. The van der Waals surface area contributed by atoms with Crippen LogP contribution >= 0.6 is 7.80 Å². The van der Waals surface area contributed by atoms with Crippen LogP contribution in [0.5, 0.6) is 0 Å². The predicted octanol–water partition coefficient (Wildman–Crippen LogP) is 2.36. The highest BCUT2D eigenvalue weighted by Crippen LogP contribution is 2.32. The van der Waals surface area contributed by atoms with Gasteiger partial charge in [0.1, 0.15) is 0 Å². The summed E-state index contributed by atoms with van der Waals surface area (Å²) in [6.07, 6.45) is 0. The maximum atomic E-state index is 11.0. The second-order valence-corrected chi connectivity index (χ2v) is 5.83. The van der Waals surface area contributed by atoms with Gasteiger partial charge in [0.15, 0.2) is 0 Å². The van der Waals surface area contributed by atoms with E-state index in [-0.39, 0.29) is 0 Å². The summed E-state index contributed by atoms with van der Waals surface area (Å²) in [7, 11) is -1.27. The molecule has 0 aromatic rings. The van der Waals surface area contributed by atoms with Crippen molar-refractivity contribution in [3.05, 3.63) is 0 Å². The highest BCUT2D eigenvalue weighted by Gasteiger charge is 2.07. The largest absolute Gasteiger partial charge is 0.326 e. The molecular formula is C6H15OP. The Morgan fingerprint density at radius 3 is 1.25 bits per heavy atom. The van der Waals surface area contributed by atoms with Gasteiger partial charge >= 0.3 is 0 Å². The Morgan fingerprint density at radius 1 is 1.00 bits per heavy atom. The van der Waals surface area contributed by atoms with Gasteiger partial charge < -0.3 is 4.57 Å². The molecule has 0 rings (SSSR count). The first kappa shape index (κ1) is 8.23. The smallest absolute Gasteiger partial charge is 0.0809 e. The molecule has 0 saturated heterocycles. The molecule has 0 bridgehead atoms. The molecular weight excluding hydrogens is 119 g/mol. The lowest BCUT2D eigenvalue weighted by molar-refractivity contribution is 0.577. The lowest BCUT2D eigenvalue weighted by Crippen LogP contribution is -1.95. The highest BCUT2D eigenvalue weighted by molar-refractivity contribution is 7.46. The summed E-state index contributed by atoms with van der Waals surface area (Å²) in [5.74, 6) is 0. The third-order valence-corrected chi connectivity index (χ3v) is 3.41. The molecule has 0 heterocycles. The molecule has 8 heavy (non-hydrogen) atoms. The van der Waals surface area contributed by atoms with Crippen molar-refractivity contribution >= 4 is 7.80 Å². The summed E-state index contributed by atoms with van der Waals surface area (Å²) in [5.41, 5.74) is 0.778. The topological polar surface area (TPSA) is 17.1 Å². The summed E-state index contributed by atoms with van der Waals surface area (Å²) in [4.78, 5) is 0. The molecule has 0 aliphatic rings. The molecule has 0 aliphatic heterocycles. The van der Waals surface area contributed by atoms with Gasteiger partial charge in [-0.3, -0.25) is 0 Å². The van der Waals surface area contributed by atoms with E-state index in [1.807, 2.05) is 27.7 Å². The summed E-state index contributed by atoms with van der Waals surface area (Å²) < 4.78 is 11.0. The van der Waals surface area contributed by atoms with Gasteiger partial charge in [0.25, 0.3) is 0 Å². The lowest BCUT2D eigenvalue weighted by Gasteiger charge is -2.06. The van der Waals surface area contributed by atoms with Gasteiger partial charge in [-0.2, -0.15) is 0 Å². The van der Waals surface area contributed by atoms with Crippen molar-refractivity contribution in [3.8, 4) is 0 Å². The zero-order valence-electron chi connectivity index (χ0n) is 6.06. The van der Waals surface area contributed by atoms with E-state index in [1.165, 1.54) is 0 Å². The average molecular weight is 134 g/mol. The third kappa shape index (κ3) is 2.52. The minimum absolute atomic E-state index is 0.389. The minimum atomic E-state index is -1.27. The first-order chi connectivity index (χ1) is 3.55. The maximum Gasteiger partial charge on any atom is 0.0809 e. The number of hydrogen-bond donors (Lipinski definition) is 0. The van der Waals surface area contributed by atoms with Gasteiger partial charge in [-0.15, -0.1) is 0 Å². The number of rotatable bonds is 2. The molecule has 0 N–H and O–H groups in total. The molecule has 0 saturated carbocycles. The Balaban J connectivity index is 3.65. The van der Waals surface area contributed by atoms with Crippen LogP contribution in [-0.2, 0) is 4.57 Å². The maximum absolute atomic E-state index is 11.0. The Kier molecular flexibility index (Phi) is 3.39.